The maximum absolute atomic E-state index is 2.65. The van der Waals surface area contributed by atoms with Crippen LogP contribution in [0.5, 0.6) is 0 Å². The second-order valence-electron chi connectivity index (χ2n) is 9.50. The fraction of sp³-hybridized carbons (Fsp3) is 0.125. The Hall–Kier alpha value is -1.65. The van der Waals surface area contributed by atoms with Gasteiger partial charge >= 0.3 is 212 Å². The summed E-state index contributed by atoms with van der Waals surface area (Å²) in [6.45, 7) is 0. The van der Waals surface area contributed by atoms with Crippen molar-refractivity contribution in [3.05, 3.63) is 127 Å². The third-order valence-corrected chi connectivity index (χ3v) is 46.0. The molecule has 0 amide bonds. The first-order chi connectivity index (χ1) is 16.7. The molecule has 0 radical (unpaired) electrons. The molecule has 4 heteroatoms. The topological polar surface area (TPSA) is 0 Å². The van der Waals surface area contributed by atoms with Crippen molar-refractivity contribution in [2.45, 2.75) is 24.4 Å². The average molecular weight is 735 g/mol. The third kappa shape index (κ3) is 5.18. The first-order valence-corrected chi connectivity index (χ1v) is 30.3. The summed E-state index contributed by atoms with van der Waals surface area (Å²) >= 11 is -2.15. The molecular formula is C32H28Cl2GeHf. The molecule has 36 heavy (non-hydrogen) atoms. The normalized spacial score (nSPS) is 14.1. The van der Waals surface area contributed by atoms with Crippen molar-refractivity contribution in [1.82, 2.24) is 0 Å². The Morgan fingerprint density at radius 1 is 0.556 bits per heavy atom. The van der Waals surface area contributed by atoms with Gasteiger partial charge < -0.3 is 24.8 Å². The van der Waals surface area contributed by atoms with Crippen LogP contribution in [0.15, 0.2) is 116 Å². The second kappa shape index (κ2) is 11.8. The zero-order valence-electron chi connectivity index (χ0n) is 20.6. The molecule has 0 unspecified atom stereocenters. The molecule has 2 aliphatic carbocycles. The van der Waals surface area contributed by atoms with Crippen LogP contribution in [0.25, 0.3) is 32.7 Å². The van der Waals surface area contributed by atoms with E-state index in [9.17, 15) is 0 Å². The first kappa shape index (κ1) is 27.4. The van der Waals surface area contributed by atoms with Crippen molar-refractivity contribution in [1.29, 1.82) is 0 Å². The summed E-state index contributed by atoms with van der Waals surface area (Å²) in [6.07, 6.45) is 12.1. The van der Waals surface area contributed by atoms with Crippen molar-refractivity contribution < 1.29 is 43.2 Å². The number of hydrogen-bond acceptors (Lipinski definition) is 0. The third-order valence-electron chi connectivity index (χ3n) is 7.09. The molecule has 0 saturated carbocycles. The molecule has 0 N–H and O–H groups in total. The zero-order valence-corrected chi connectivity index (χ0v) is 27.8. The molecule has 4 aromatic carbocycles. The summed E-state index contributed by atoms with van der Waals surface area (Å²) < 4.78 is 3.72. The van der Waals surface area contributed by atoms with Gasteiger partial charge in [-0.2, -0.15) is 0 Å². The smallest absolute Gasteiger partial charge is 1.00 e. The number of halogens is 2. The van der Waals surface area contributed by atoms with Gasteiger partial charge in [0.05, 0.1) is 0 Å². The number of allylic oxidation sites excluding steroid dienone is 8. The van der Waals surface area contributed by atoms with Crippen molar-refractivity contribution >= 4 is 42.7 Å². The molecule has 0 saturated heterocycles. The molecule has 0 spiro atoms. The van der Waals surface area contributed by atoms with E-state index in [1.165, 1.54) is 45.5 Å². The van der Waals surface area contributed by atoms with E-state index in [-0.39, 0.29) is 24.8 Å². The molecule has 0 bridgehead atoms. The van der Waals surface area contributed by atoms with Gasteiger partial charge in [-0.25, -0.2) is 0 Å². The molecule has 2 aliphatic rings. The Balaban J connectivity index is 0.00000152. The Labute approximate surface area is 235 Å². The van der Waals surface area contributed by atoms with Crippen molar-refractivity contribution in [2.24, 2.45) is 0 Å². The van der Waals surface area contributed by atoms with Crippen LogP contribution < -0.4 is 24.8 Å². The van der Waals surface area contributed by atoms with Gasteiger partial charge in [0.1, 0.15) is 0 Å². The molecular weight excluding hydrogens is 706 g/mol. The fourth-order valence-corrected chi connectivity index (χ4v) is 45.9. The standard InChI is InChI=1S/2C15H11.C2H6Ge.2ClH.Hf/c2*1-2-6-12(5-1)15-10-9-13-7-3-4-8-14(13)11-15;1-3-2;;;/h2*1,3-5,7-11H,2H2;1-2H3;2*1H;/q;;;;;+2/p-2. The minimum atomic E-state index is -2.15. The molecule has 0 fully saturated rings. The van der Waals surface area contributed by atoms with Gasteiger partial charge in [-0.1, -0.05) is 0 Å². The van der Waals surface area contributed by atoms with E-state index in [4.69, 9.17) is 0 Å². The number of hydrogen-bond donors (Lipinski definition) is 0. The van der Waals surface area contributed by atoms with Crippen LogP contribution >= 0.6 is 0 Å². The molecule has 0 atom stereocenters. The summed E-state index contributed by atoms with van der Waals surface area (Å²) in [5, 5.41) is 5.36. The maximum atomic E-state index is 2.65. The average Bonchev–Trinajstić information content (AvgIpc) is 3.54. The van der Waals surface area contributed by atoms with E-state index in [2.05, 4.69) is 121 Å². The summed E-state index contributed by atoms with van der Waals surface area (Å²) in [7, 11) is -1.11. The van der Waals surface area contributed by atoms with Gasteiger partial charge in [-0.15, -0.1) is 0 Å². The van der Waals surface area contributed by atoms with E-state index in [1.54, 1.807) is 11.1 Å². The summed E-state index contributed by atoms with van der Waals surface area (Å²) in [6, 6.07) is 31.7. The Bertz CT molecular complexity index is 1500. The predicted octanol–water partition coefficient (Wildman–Crippen LogP) is 2.91. The van der Waals surface area contributed by atoms with E-state index in [0.717, 1.165) is 0 Å². The van der Waals surface area contributed by atoms with Crippen molar-refractivity contribution in [3.8, 4) is 0 Å². The van der Waals surface area contributed by atoms with Crippen LogP contribution in [0.2, 0.25) is 11.5 Å². The molecule has 0 nitrogen and oxygen atoms in total. The molecule has 0 heterocycles. The number of benzene rings is 4. The summed E-state index contributed by atoms with van der Waals surface area (Å²) in [5.74, 6) is 5.30. The van der Waals surface area contributed by atoms with Crippen molar-refractivity contribution in [3.63, 3.8) is 0 Å². The van der Waals surface area contributed by atoms with Crippen LogP contribution in [0.3, 0.4) is 0 Å². The van der Waals surface area contributed by atoms with Gasteiger partial charge in [-0.05, 0) is 0 Å². The van der Waals surface area contributed by atoms with Gasteiger partial charge in [-0.3, -0.25) is 0 Å². The molecule has 178 valence electrons. The van der Waals surface area contributed by atoms with Gasteiger partial charge in [0, 0.05) is 0 Å². The van der Waals surface area contributed by atoms with E-state index in [1.807, 2.05) is 6.66 Å². The van der Waals surface area contributed by atoms with E-state index >= 15 is 0 Å². The number of fused-ring (bicyclic) bond motifs is 2. The SMILES string of the molecule is [CH3][Ge]([CH3])=[Hf+2]([C]1=C(c2ccc3ccccc3c2)C=CC1)[C]1=C(c2ccc3ccccc3c2)C=CC1.[Cl-].[Cl-]. The zero-order chi connectivity index (χ0) is 23.1. The van der Waals surface area contributed by atoms with Crippen LogP contribution in [0.4, 0.5) is 0 Å². The number of rotatable bonds is 4. The quantitative estimate of drug-likeness (QED) is 0.284. The molecule has 6 rings (SSSR count). The largest absolute Gasteiger partial charge is 1.00 e. The van der Waals surface area contributed by atoms with Crippen LogP contribution in [0, 0.1) is 0 Å². The molecule has 0 aliphatic heterocycles. The van der Waals surface area contributed by atoms with Crippen LogP contribution in [0.1, 0.15) is 24.0 Å². The Morgan fingerprint density at radius 3 is 1.39 bits per heavy atom. The maximum Gasteiger partial charge on any atom is -1.00 e. The molecule has 4 aromatic rings. The predicted molar refractivity (Wildman–Crippen MR) is 147 cm³/mol. The van der Waals surface area contributed by atoms with Gasteiger partial charge in [0.15, 0.2) is 0 Å². The van der Waals surface area contributed by atoms with Crippen LogP contribution in [-0.4, -0.2) is 10.1 Å². The monoisotopic (exact) mass is 736 g/mol. The van der Waals surface area contributed by atoms with E-state index < -0.39 is 28.4 Å². The summed E-state index contributed by atoms with van der Waals surface area (Å²) in [4.78, 5) is 0. The second-order valence-corrected chi connectivity index (χ2v) is 48.0. The minimum absolute atomic E-state index is 0. The Kier molecular flexibility index (Phi) is 8.99. The van der Waals surface area contributed by atoms with Crippen molar-refractivity contribution in [2.75, 3.05) is 0 Å². The summed E-state index contributed by atoms with van der Waals surface area (Å²) in [5.41, 5.74) is 5.95. The first-order valence-electron chi connectivity index (χ1n) is 12.1. The minimum Gasteiger partial charge on any atom is -1.00 e. The van der Waals surface area contributed by atoms with Gasteiger partial charge in [0.25, 0.3) is 0 Å². The fourth-order valence-electron chi connectivity index (χ4n) is 5.52. The van der Waals surface area contributed by atoms with E-state index in [0.29, 0.717) is 0 Å². The van der Waals surface area contributed by atoms with Crippen LogP contribution in [-0.2, 0) is 18.3 Å². The molecule has 0 aromatic heterocycles. The Morgan fingerprint density at radius 2 is 0.972 bits per heavy atom. The van der Waals surface area contributed by atoms with Gasteiger partial charge in [0.2, 0.25) is 0 Å².